The van der Waals surface area contributed by atoms with E-state index in [4.69, 9.17) is 4.42 Å². The molecule has 5 heteroatoms. The van der Waals surface area contributed by atoms with E-state index in [1.165, 1.54) is 5.56 Å². The SMILES string of the molecule is Cc1cc(CN(C)Cc2nccn2C)oc1CNC(C)C. The molecule has 0 unspecified atom stereocenters. The predicted octanol–water partition coefficient (Wildman–Crippen LogP) is 2.45. The second-order valence-electron chi connectivity index (χ2n) is 5.98. The first-order valence-electron chi connectivity index (χ1n) is 7.42. The van der Waals surface area contributed by atoms with Gasteiger partial charge < -0.3 is 14.3 Å². The highest BCUT2D eigenvalue weighted by Gasteiger charge is 2.11. The lowest BCUT2D eigenvalue weighted by Gasteiger charge is -2.14. The van der Waals surface area contributed by atoms with E-state index in [-0.39, 0.29) is 0 Å². The number of aromatic nitrogens is 2. The van der Waals surface area contributed by atoms with Crippen LogP contribution < -0.4 is 5.32 Å². The Morgan fingerprint density at radius 2 is 2.14 bits per heavy atom. The minimum atomic E-state index is 0.462. The van der Waals surface area contributed by atoms with Crippen LogP contribution in [0.15, 0.2) is 22.9 Å². The van der Waals surface area contributed by atoms with Gasteiger partial charge in [-0.15, -0.1) is 0 Å². The lowest BCUT2D eigenvalue weighted by molar-refractivity contribution is 0.273. The van der Waals surface area contributed by atoms with Crippen molar-refractivity contribution in [2.45, 2.75) is 46.4 Å². The van der Waals surface area contributed by atoms with Crippen LogP contribution >= 0.6 is 0 Å². The molecular formula is C16H26N4O. The van der Waals surface area contributed by atoms with Crippen LogP contribution in [-0.2, 0) is 26.7 Å². The topological polar surface area (TPSA) is 46.2 Å². The molecule has 0 aliphatic heterocycles. The number of hydrogen-bond donors (Lipinski definition) is 1. The van der Waals surface area contributed by atoms with Crippen molar-refractivity contribution in [3.63, 3.8) is 0 Å². The second-order valence-corrected chi connectivity index (χ2v) is 5.98. The maximum atomic E-state index is 5.95. The summed E-state index contributed by atoms with van der Waals surface area (Å²) in [4.78, 5) is 6.56. The highest BCUT2D eigenvalue weighted by atomic mass is 16.3. The van der Waals surface area contributed by atoms with E-state index in [1.54, 1.807) is 0 Å². The van der Waals surface area contributed by atoms with Crippen LogP contribution in [0, 0.1) is 6.92 Å². The van der Waals surface area contributed by atoms with Gasteiger partial charge in [0.25, 0.3) is 0 Å². The third kappa shape index (κ3) is 4.44. The molecule has 21 heavy (non-hydrogen) atoms. The molecule has 0 aromatic carbocycles. The third-order valence-electron chi connectivity index (χ3n) is 3.50. The van der Waals surface area contributed by atoms with Gasteiger partial charge in [-0.1, -0.05) is 13.8 Å². The van der Waals surface area contributed by atoms with Crippen LogP contribution in [0.5, 0.6) is 0 Å². The van der Waals surface area contributed by atoms with Gasteiger partial charge in [0.05, 0.1) is 19.6 Å². The van der Waals surface area contributed by atoms with Crippen LogP contribution in [0.3, 0.4) is 0 Å². The molecule has 2 aromatic heterocycles. The van der Waals surface area contributed by atoms with E-state index in [9.17, 15) is 0 Å². The second kappa shape index (κ2) is 6.91. The zero-order valence-corrected chi connectivity index (χ0v) is 13.7. The summed E-state index contributed by atoms with van der Waals surface area (Å²) in [5.74, 6) is 3.09. The van der Waals surface area contributed by atoms with Gasteiger partial charge in [0, 0.05) is 25.5 Å². The Balaban J connectivity index is 1.93. The monoisotopic (exact) mass is 290 g/mol. The average molecular weight is 290 g/mol. The van der Waals surface area contributed by atoms with Crippen molar-refractivity contribution < 1.29 is 4.42 Å². The van der Waals surface area contributed by atoms with Gasteiger partial charge in [0.2, 0.25) is 0 Å². The molecule has 1 N–H and O–H groups in total. The summed E-state index contributed by atoms with van der Waals surface area (Å²) >= 11 is 0. The first-order valence-corrected chi connectivity index (χ1v) is 7.42. The van der Waals surface area contributed by atoms with E-state index in [1.807, 2.05) is 24.0 Å². The van der Waals surface area contributed by atoms with Crippen molar-refractivity contribution in [1.29, 1.82) is 0 Å². The molecule has 2 rings (SSSR count). The molecule has 116 valence electrons. The number of furan rings is 1. The number of nitrogens with zero attached hydrogens (tertiary/aromatic N) is 3. The summed E-state index contributed by atoms with van der Waals surface area (Å²) in [6, 6.07) is 2.59. The summed E-state index contributed by atoms with van der Waals surface area (Å²) in [6.07, 6.45) is 3.80. The fourth-order valence-corrected chi connectivity index (χ4v) is 2.25. The molecule has 0 saturated carbocycles. The van der Waals surface area contributed by atoms with Crippen molar-refractivity contribution in [3.8, 4) is 0 Å². The van der Waals surface area contributed by atoms with Crippen LogP contribution in [0.25, 0.3) is 0 Å². The number of rotatable bonds is 7. The van der Waals surface area contributed by atoms with Gasteiger partial charge in [-0.3, -0.25) is 4.90 Å². The zero-order chi connectivity index (χ0) is 15.4. The van der Waals surface area contributed by atoms with Crippen LogP contribution in [0.4, 0.5) is 0 Å². The molecule has 0 saturated heterocycles. The van der Waals surface area contributed by atoms with E-state index in [0.717, 1.165) is 37.0 Å². The molecule has 0 spiro atoms. The van der Waals surface area contributed by atoms with E-state index < -0.39 is 0 Å². The number of hydrogen-bond acceptors (Lipinski definition) is 4. The Hall–Kier alpha value is -1.59. The Labute approximate surface area is 127 Å². The predicted molar refractivity (Wildman–Crippen MR) is 83.8 cm³/mol. The Morgan fingerprint density at radius 1 is 1.38 bits per heavy atom. The minimum absolute atomic E-state index is 0.462. The lowest BCUT2D eigenvalue weighted by Crippen LogP contribution is -2.22. The van der Waals surface area contributed by atoms with Gasteiger partial charge in [-0.2, -0.15) is 0 Å². The molecule has 0 aliphatic carbocycles. The zero-order valence-electron chi connectivity index (χ0n) is 13.7. The maximum Gasteiger partial charge on any atom is 0.122 e. The van der Waals surface area contributed by atoms with Crippen molar-refractivity contribution in [2.75, 3.05) is 7.05 Å². The van der Waals surface area contributed by atoms with E-state index >= 15 is 0 Å². The summed E-state index contributed by atoms with van der Waals surface area (Å²) in [7, 11) is 4.10. The minimum Gasteiger partial charge on any atom is -0.463 e. The first-order chi connectivity index (χ1) is 9.95. The molecule has 5 nitrogen and oxygen atoms in total. The maximum absolute atomic E-state index is 5.95. The highest BCUT2D eigenvalue weighted by Crippen LogP contribution is 2.16. The number of aryl methyl sites for hydroxylation is 2. The smallest absolute Gasteiger partial charge is 0.122 e. The fraction of sp³-hybridized carbons (Fsp3) is 0.562. The normalized spacial score (nSPS) is 11.8. The standard InChI is InChI=1S/C16H26N4O/c1-12(2)18-9-15-13(3)8-14(21-15)10-19(4)11-16-17-6-7-20(16)5/h6-8,12,18H,9-11H2,1-5H3. The number of nitrogens with one attached hydrogen (secondary N) is 1. The molecule has 0 radical (unpaired) electrons. The van der Waals surface area contributed by atoms with E-state index in [2.05, 4.69) is 49.1 Å². The first kappa shape index (κ1) is 15.8. The molecule has 0 bridgehead atoms. The molecule has 0 amide bonds. The van der Waals surface area contributed by atoms with Gasteiger partial charge in [-0.05, 0) is 25.6 Å². The average Bonchev–Trinajstić information content (AvgIpc) is 2.94. The summed E-state index contributed by atoms with van der Waals surface area (Å²) in [5, 5.41) is 3.39. The Bertz CT molecular complexity index is 571. The highest BCUT2D eigenvalue weighted by molar-refractivity contribution is 5.20. The van der Waals surface area contributed by atoms with Crippen LogP contribution in [-0.4, -0.2) is 27.5 Å². The van der Waals surface area contributed by atoms with Gasteiger partial charge >= 0.3 is 0 Å². The summed E-state index contributed by atoms with van der Waals surface area (Å²) in [5.41, 5.74) is 1.21. The van der Waals surface area contributed by atoms with Gasteiger partial charge in [0.15, 0.2) is 0 Å². The summed E-state index contributed by atoms with van der Waals surface area (Å²) < 4.78 is 8.00. The molecule has 0 fully saturated rings. The van der Waals surface area contributed by atoms with Crippen molar-refractivity contribution >= 4 is 0 Å². The number of imidazole rings is 1. The molecule has 0 atom stereocenters. The molecular weight excluding hydrogens is 264 g/mol. The lowest BCUT2D eigenvalue weighted by atomic mass is 10.2. The van der Waals surface area contributed by atoms with Crippen LogP contribution in [0.2, 0.25) is 0 Å². The Morgan fingerprint density at radius 3 is 2.76 bits per heavy atom. The van der Waals surface area contributed by atoms with Crippen molar-refractivity contribution in [1.82, 2.24) is 19.8 Å². The van der Waals surface area contributed by atoms with E-state index in [0.29, 0.717) is 6.04 Å². The largest absolute Gasteiger partial charge is 0.463 e. The third-order valence-corrected chi connectivity index (χ3v) is 3.50. The van der Waals surface area contributed by atoms with Crippen molar-refractivity contribution in [2.24, 2.45) is 7.05 Å². The van der Waals surface area contributed by atoms with Crippen molar-refractivity contribution in [3.05, 3.63) is 41.4 Å². The van der Waals surface area contributed by atoms with Crippen LogP contribution in [0.1, 0.15) is 36.8 Å². The molecule has 2 heterocycles. The Kier molecular flexibility index (Phi) is 5.20. The van der Waals surface area contributed by atoms with Gasteiger partial charge in [0.1, 0.15) is 17.3 Å². The van der Waals surface area contributed by atoms with Gasteiger partial charge in [-0.25, -0.2) is 4.98 Å². The molecule has 0 aliphatic rings. The molecule has 2 aromatic rings. The summed E-state index contributed by atoms with van der Waals surface area (Å²) in [6.45, 7) is 8.76. The fourth-order valence-electron chi connectivity index (χ4n) is 2.25. The quantitative estimate of drug-likeness (QED) is 0.851.